The summed E-state index contributed by atoms with van der Waals surface area (Å²) in [6.45, 7) is 5.05. The van der Waals surface area contributed by atoms with Gasteiger partial charge in [0.2, 0.25) is 5.91 Å². The maximum atomic E-state index is 12.3. The number of carbonyl (C=O) groups is 2. The molecule has 6 nitrogen and oxygen atoms in total. The van der Waals surface area contributed by atoms with Crippen LogP contribution in [-0.4, -0.2) is 31.6 Å². The predicted octanol–water partition coefficient (Wildman–Crippen LogP) is 3.35. The van der Waals surface area contributed by atoms with E-state index in [0.717, 1.165) is 8.66 Å². The van der Waals surface area contributed by atoms with E-state index in [9.17, 15) is 9.59 Å². The molecule has 0 fully saturated rings. The first-order valence-corrected chi connectivity index (χ1v) is 9.83. The van der Waals surface area contributed by atoms with E-state index in [2.05, 4.69) is 26.6 Å². The fourth-order valence-electron chi connectivity index (χ4n) is 2.15. The molecule has 2 N–H and O–H groups in total. The van der Waals surface area contributed by atoms with Crippen molar-refractivity contribution < 1.29 is 19.1 Å². The van der Waals surface area contributed by atoms with E-state index in [1.807, 2.05) is 26.0 Å². The second-order valence-corrected chi connectivity index (χ2v) is 7.74. The Morgan fingerprint density at radius 3 is 2.42 bits per heavy atom. The van der Waals surface area contributed by atoms with Gasteiger partial charge in [-0.2, -0.15) is 0 Å². The van der Waals surface area contributed by atoms with Gasteiger partial charge < -0.3 is 20.1 Å². The average Bonchev–Trinajstić information content (AvgIpc) is 3.05. The van der Waals surface area contributed by atoms with Gasteiger partial charge in [-0.15, -0.1) is 11.3 Å². The molecule has 0 saturated carbocycles. The Kier molecular flexibility index (Phi) is 7.93. The summed E-state index contributed by atoms with van der Waals surface area (Å²) in [5.41, 5.74) is 0.409. The van der Waals surface area contributed by atoms with Gasteiger partial charge in [-0.25, -0.2) is 0 Å². The third-order valence-corrected chi connectivity index (χ3v) is 4.93. The normalized spacial score (nSPS) is 10.3. The van der Waals surface area contributed by atoms with Crippen molar-refractivity contribution in [2.24, 2.45) is 0 Å². The van der Waals surface area contributed by atoms with Crippen molar-refractivity contribution in [1.29, 1.82) is 0 Å². The van der Waals surface area contributed by atoms with E-state index in [1.54, 1.807) is 29.5 Å². The van der Waals surface area contributed by atoms with Crippen LogP contribution < -0.4 is 20.1 Å². The smallest absolute Gasteiger partial charge is 0.251 e. The van der Waals surface area contributed by atoms with E-state index in [-0.39, 0.29) is 18.4 Å². The Morgan fingerprint density at radius 1 is 1.04 bits per heavy atom. The van der Waals surface area contributed by atoms with Gasteiger partial charge in [0, 0.05) is 10.4 Å². The molecule has 0 unspecified atom stereocenters. The Hall–Kier alpha value is -2.06. The van der Waals surface area contributed by atoms with Gasteiger partial charge in [-0.1, -0.05) is 0 Å². The molecule has 0 aliphatic heterocycles. The van der Waals surface area contributed by atoms with E-state index in [4.69, 9.17) is 9.47 Å². The van der Waals surface area contributed by atoms with Crippen molar-refractivity contribution in [3.8, 4) is 11.5 Å². The Balaban J connectivity index is 1.88. The minimum Gasteiger partial charge on any atom is -0.490 e. The lowest BCUT2D eigenvalue weighted by molar-refractivity contribution is -0.120. The van der Waals surface area contributed by atoms with Crippen molar-refractivity contribution in [3.63, 3.8) is 0 Å². The van der Waals surface area contributed by atoms with Crippen molar-refractivity contribution in [1.82, 2.24) is 10.6 Å². The maximum Gasteiger partial charge on any atom is 0.251 e. The van der Waals surface area contributed by atoms with E-state index in [0.29, 0.717) is 36.8 Å². The second kappa shape index (κ2) is 10.2. The van der Waals surface area contributed by atoms with Gasteiger partial charge in [0.05, 0.1) is 30.1 Å². The minimum absolute atomic E-state index is 0.0947. The standard InChI is InChI=1S/C18H21BrN2O4S/c1-3-24-14-7-5-12(9-15(14)25-4-2)18(23)21-11-17(22)20-10-13-6-8-16(19)26-13/h5-9H,3-4,10-11H2,1-2H3,(H,20,22)(H,21,23). The highest BCUT2D eigenvalue weighted by atomic mass is 79.9. The SMILES string of the molecule is CCOc1ccc(C(=O)NCC(=O)NCc2ccc(Br)s2)cc1OCC. The van der Waals surface area contributed by atoms with Crippen molar-refractivity contribution in [2.75, 3.05) is 19.8 Å². The number of hydrogen-bond donors (Lipinski definition) is 2. The molecule has 2 aromatic rings. The van der Waals surface area contributed by atoms with E-state index < -0.39 is 0 Å². The van der Waals surface area contributed by atoms with Crippen LogP contribution in [0.2, 0.25) is 0 Å². The van der Waals surface area contributed by atoms with Crippen molar-refractivity contribution in [3.05, 3.63) is 44.6 Å². The van der Waals surface area contributed by atoms with Crippen LogP contribution in [0.1, 0.15) is 29.1 Å². The van der Waals surface area contributed by atoms with Crippen LogP contribution in [-0.2, 0) is 11.3 Å². The molecule has 0 aliphatic rings. The number of hydrogen-bond acceptors (Lipinski definition) is 5. The van der Waals surface area contributed by atoms with Crippen LogP contribution in [0.25, 0.3) is 0 Å². The van der Waals surface area contributed by atoms with Crippen LogP contribution in [0.5, 0.6) is 11.5 Å². The number of amides is 2. The Labute approximate surface area is 165 Å². The maximum absolute atomic E-state index is 12.3. The number of carbonyl (C=O) groups excluding carboxylic acids is 2. The van der Waals surface area contributed by atoms with Gasteiger partial charge in [-0.3, -0.25) is 9.59 Å². The molecule has 26 heavy (non-hydrogen) atoms. The fraction of sp³-hybridized carbons (Fsp3) is 0.333. The molecule has 0 atom stereocenters. The predicted molar refractivity (Wildman–Crippen MR) is 105 cm³/mol. The van der Waals surface area contributed by atoms with E-state index in [1.165, 1.54) is 0 Å². The monoisotopic (exact) mass is 440 g/mol. The number of thiophene rings is 1. The summed E-state index contributed by atoms with van der Waals surface area (Å²) in [5.74, 6) is 0.502. The van der Waals surface area contributed by atoms with Crippen LogP contribution in [0.15, 0.2) is 34.1 Å². The number of rotatable bonds is 9. The molecule has 8 heteroatoms. The van der Waals surface area contributed by atoms with Gasteiger partial charge in [0.25, 0.3) is 5.91 Å². The lowest BCUT2D eigenvalue weighted by Gasteiger charge is -2.12. The lowest BCUT2D eigenvalue weighted by atomic mass is 10.2. The molecule has 140 valence electrons. The highest BCUT2D eigenvalue weighted by molar-refractivity contribution is 9.11. The second-order valence-electron chi connectivity index (χ2n) is 5.19. The van der Waals surface area contributed by atoms with Crippen LogP contribution in [0.3, 0.4) is 0 Å². The topological polar surface area (TPSA) is 76.7 Å². The molecule has 1 aromatic carbocycles. The lowest BCUT2D eigenvalue weighted by Crippen LogP contribution is -2.36. The Bertz CT molecular complexity index is 763. The highest BCUT2D eigenvalue weighted by Crippen LogP contribution is 2.28. The number of benzene rings is 1. The molecular weight excluding hydrogens is 420 g/mol. The van der Waals surface area contributed by atoms with Gasteiger partial charge >= 0.3 is 0 Å². The first-order valence-electron chi connectivity index (χ1n) is 8.22. The van der Waals surface area contributed by atoms with Gasteiger partial charge in [0.1, 0.15) is 0 Å². The van der Waals surface area contributed by atoms with Gasteiger partial charge in [-0.05, 0) is 60.1 Å². The van der Waals surface area contributed by atoms with Gasteiger partial charge in [0.15, 0.2) is 11.5 Å². The largest absolute Gasteiger partial charge is 0.490 e. The summed E-state index contributed by atoms with van der Waals surface area (Å²) in [6.07, 6.45) is 0. The summed E-state index contributed by atoms with van der Waals surface area (Å²) < 4.78 is 12.0. The summed E-state index contributed by atoms with van der Waals surface area (Å²) >= 11 is 4.93. The zero-order chi connectivity index (χ0) is 18.9. The van der Waals surface area contributed by atoms with E-state index >= 15 is 0 Å². The summed E-state index contributed by atoms with van der Waals surface area (Å²) in [5, 5.41) is 5.38. The molecule has 0 bridgehead atoms. The molecule has 0 saturated heterocycles. The van der Waals surface area contributed by atoms with Crippen LogP contribution in [0, 0.1) is 0 Å². The summed E-state index contributed by atoms with van der Waals surface area (Å²) in [4.78, 5) is 25.2. The number of nitrogens with one attached hydrogen (secondary N) is 2. The van der Waals surface area contributed by atoms with Crippen molar-refractivity contribution >= 4 is 39.1 Å². The summed E-state index contributed by atoms with van der Waals surface area (Å²) in [7, 11) is 0. The quantitative estimate of drug-likeness (QED) is 0.626. The molecule has 2 amide bonds. The van der Waals surface area contributed by atoms with Crippen LogP contribution >= 0.6 is 27.3 Å². The summed E-state index contributed by atoms with van der Waals surface area (Å²) in [6, 6.07) is 8.81. The molecule has 2 rings (SSSR count). The average molecular weight is 441 g/mol. The zero-order valence-electron chi connectivity index (χ0n) is 14.6. The van der Waals surface area contributed by atoms with Crippen molar-refractivity contribution in [2.45, 2.75) is 20.4 Å². The Morgan fingerprint density at radius 2 is 1.77 bits per heavy atom. The highest BCUT2D eigenvalue weighted by Gasteiger charge is 2.12. The molecule has 0 spiro atoms. The number of halogens is 1. The minimum atomic E-state index is -0.344. The fourth-order valence-corrected chi connectivity index (χ4v) is 3.57. The zero-order valence-corrected chi connectivity index (χ0v) is 17.0. The molecular formula is C18H21BrN2O4S. The first kappa shape index (κ1) is 20.3. The molecule has 1 heterocycles. The first-order chi connectivity index (χ1) is 12.5. The molecule has 0 aliphatic carbocycles. The van der Waals surface area contributed by atoms with Crippen LogP contribution in [0.4, 0.5) is 0 Å². The molecule has 0 radical (unpaired) electrons. The molecule has 1 aromatic heterocycles. The third-order valence-electron chi connectivity index (χ3n) is 3.30. The third kappa shape index (κ3) is 6.03. The number of ether oxygens (including phenoxy) is 2.